The van der Waals surface area contributed by atoms with Gasteiger partial charge in [-0.3, -0.25) is 0 Å². The molecule has 0 aliphatic rings. The fourth-order valence-electron chi connectivity index (χ4n) is 1.20. The first-order chi connectivity index (χ1) is 7.42. The standard InChI is InChI=1S/C10H13NO4S/c1-3-16(13,14)9-6-7(10(12)15-2)4-5-8(9)11/h4-6H,3,11H2,1-2H3. The van der Waals surface area contributed by atoms with Crippen LogP contribution in [0.25, 0.3) is 0 Å². The average Bonchev–Trinajstić information content (AvgIpc) is 2.28. The number of ether oxygens (including phenoxy) is 1. The van der Waals surface area contributed by atoms with Crippen molar-refractivity contribution in [2.45, 2.75) is 11.8 Å². The summed E-state index contributed by atoms with van der Waals surface area (Å²) in [4.78, 5) is 11.2. The van der Waals surface area contributed by atoms with Gasteiger partial charge in [0.2, 0.25) is 0 Å². The van der Waals surface area contributed by atoms with E-state index in [9.17, 15) is 13.2 Å². The fourth-order valence-corrected chi connectivity index (χ4v) is 2.25. The van der Waals surface area contributed by atoms with E-state index in [4.69, 9.17) is 5.73 Å². The summed E-state index contributed by atoms with van der Waals surface area (Å²) in [7, 11) is -2.20. The van der Waals surface area contributed by atoms with Gasteiger partial charge in [0.25, 0.3) is 0 Å². The molecule has 0 aromatic heterocycles. The highest BCUT2D eigenvalue weighted by Crippen LogP contribution is 2.21. The second-order valence-electron chi connectivity index (χ2n) is 3.15. The summed E-state index contributed by atoms with van der Waals surface area (Å²) in [5.74, 6) is -0.658. The molecule has 0 unspecified atom stereocenters. The number of nitrogens with two attached hydrogens (primary N) is 1. The third-order valence-electron chi connectivity index (χ3n) is 2.15. The van der Waals surface area contributed by atoms with Gasteiger partial charge in [-0.2, -0.15) is 0 Å². The molecule has 0 bridgehead atoms. The molecule has 5 nitrogen and oxygen atoms in total. The predicted molar refractivity (Wildman–Crippen MR) is 59.9 cm³/mol. The maximum Gasteiger partial charge on any atom is 0.337 e. The van der Waals surface area contributed by atoms with Gasteiger partial charge in [0.05, 0.1) is 29.0 Å². The van der Waals surface area contributed by atoms with E-state index in [-0.39, 0.29) is 21.9 Å². The Balaban J connectivity index is 3.36. The molecular weight excluding hydrogens is 230 g/mol. The maximum absolute atomic E-state index is 11.7. The molecule has 16 heavy (non-hydrogen) atoms. The van der Waals surface area contributed by atoms with Crippen molar-refractivity contribution in [1.82, 2.24) is 0 Å². The molecule has 0 radical (unpaired) electrons. The number of hydrogen-bond donors (Lipinski definition) is 1. The van der Waals surface area contributed by atoms with Crippen LogP contribution >= 0.6 is 0 Å². The van der Waals surface area contributed by atoms with Crippen molar-refractivity contribution in [3.05, 3.63) is 23.8 Å². The Labute approximate surface area is 94.1 Å². The minimum Gasteiger partial charge on any atom is -0.465 e. The Bertz CT molecular complexity index is 508. The lowest BCUT2D eigenvalue weighted by Gasteiger charge is -2.07. The van der Waals surface area contributed by atoms with Gasteiger partial charge in [0.1, 0.15) is 0 Å². The smallest absolute Gasteiger partial charge is 0.337 e. The number of sulfone groups is 1. The van der Waals surface area contributed by atoms with Crippen LogP contribution in [0.15, 0.2) is 23.1 Å². The van der Waals surface area contributed by atoms with Crippen molar-refractivity contribution >= 4 is 21.5 Å². The van der Waals surface area contributed by atoms with Crippen LogP contribution in [0, 0.1) is 0 Å². The predicted octanol–water partition coefficient (Wildman–Crippen LogP) is 0.849. The van der Waals surface area contributed by atoms with Crippen molar-refractivity contribution < 1.29 is 17.9 Å². The summed E-state index contributed by atoms with van der Waals surface area (Å²) < 4.78 is 27.8. The Morgan fingerprint density at radius 2 is 2.06 bits per heavy atom. The van der Waals surface area contributed by atoms with Gasteiger partial charge >= 0.3 is 5.97 Å². The molecule has 6 heteroatoms. The topological polar surface area (TPSA) is 86.5 Å². The zero-order chi connectivity index (χ0) is 12.3. The third kappa shape index (κ3) is 2.33. The van der Waals surface area contributed by atoms with Gasteiger partial charge in [-0.25, -0.2) is 13.2 Å². The molecule has 0 amide bonds. The molecule has 0 fully saturated rings. The molecular formula is C10H13NO4S. The lowest BCUT2D eigenvalue weighted by Crippen LogP contribution is -2.10. The number of carbonyl (C=O) groups is 1. The number of benzene rings is 1. The minimum atomic E-state index is -3.43. The van der Waals surface area contributed by atoms with Gasteiger partial charge in [-0.05, 0) is 18.2 Å². The van der Waals surface area contributed by atoms with Crippen molar-refractivity contribution in [1.29, 1.82) is 0 Å². The molecule has 0 heterocycles. The molecule has 0 aliphatic carbocycles. The highest BCUT2D eigenvalue weighted by molar-refractivity contribution is 7.91. The molecule has 1 aromatic rings. The number of anilines is 1. The van der Waals surface area contributed by atoms with Crippen LogP contribution in [0.1, 0.15) is 17.3 Å². The molecule has 0 saturated carbocycles. The van der Waals surface area contributed by atoms with Gasteiger partial charge in [-0.1, -0.05) is 6.92 Å². The van der Waals surface area contributed by atoms with Crippen LogP contribution in [0.2, 0.25) is 0 Å². The van der Waals surface area contributed by atoms with Gasteiger partial charge in [0.15, 0.2) is 9.84 Å². The maximum atomic E-state index is 11.7. The summed E-state index contributed by atoms with van der Waals surface area (Å²) in [5.41, 5.74) is 5.87. The Morgan fingerprint density at radius 3 is 2.56 bits per heavy atom. The number of rotatable bonds is 3. The summed E-state index contributed by atoms with van der Waals surface area (Å²) >= 11 is 0. The third-order valence-corrected chi connectivity index (χ3v) is 3.93. The first-order valence-electron chi connectivity index (χ1n) is 4.63. The number of esters is 1. The zero-order valence-corrected chi connectivity index (χ0v) is 9.87. The molecule has 0 spiro atoms. The monoisotopic (exact) mass is 243 g/mol. The highest BCUT2D eigenvalue weighted by Gasteiger charge is 2.18. The zero-order valence-electron chi connectivity index (χ0n) is 9.06. The minimum absolute atomic E-state index is 0.0297. The highest BCUT2D eigenvalue weighted by atomic mass is 32.2. The summed E-state index contributed by atoms with van der Waals surface area (Å²) in [6.45, 7) is 1.51. The van der Waals surface area contributed by atoms with Crippen molar-refractivity contribution in [3.8, 4) is 0 Å². The Kier molecular flexibility index (Phi) is 3.54. The summed E-state index contributed by atoms with van der Waals surface area (Å²) in [5, 5.41) is 0. The quantitative estimate of drug-likeness (QED) is 0.628. The SMILES string of the molecule is CCS(=O)(=O)c1cc(C(=O)OC)ccc1N. The van der Waals surface area contributed by atoms with E-state index in [1.54, 1.807) is 0 Å². The van der Waals surface area contributed by atoms with Crippen molar-refractivity contribution in [2.75, 3.05) is 18.6 Å². The Morgan fingerprint density at radius 1 is 1.44 bits per heavy atom. The number of hydrogen-bond acceptors (Lipinski definition) is 5. The molecule has 1 aromatic carbocycles. The van der Waals surface area contributed by atoms with E-state index >= 15 is 0 Å². The van der Waals surface area contributed by atoms with Crippen LogP contribution in [-0.2, 0) is 14.6 Å². The van der Waals surface area contributed by atoms with E-state index in [1.165, 1.54) is 32.2 Å². The van der Waals surface area contributed by atoms with Gasteiger partial charge in [-0.15, -0.1) is 0 Å². The van der Waals surface area contributed by atoms with Crippen molar-refractivity contribution in [2.24, 2.45) is 0 Å². The first kappa shape index (κ1) is 12.5. The average molecular weight is 243 g/mol. The van der Waals surface area contributed by atoms with Crippen LogP contribution in [0.4, 0.5) is 5.69 Å². The molecule has 0 aliphatic heterocycles. The number of carbonyl (C=O) groups excluding carboxylic acids is 1. The Hall–Kier alpha value is -1.56. The van der Waals surface area contributed by atoms with Crippen LogP contribution in [-0.4, -0.2) is 27.2 Å². The second-order valence-corrected chi connectivity index (χ2v) is 5.39. The van der Waals surface area contributed by atoms with E-state index in [0.717, 1.165) is 0 Å². The number of nitrogen functional groups attached to an aromatic ring is 1. The van der Waals surface area contributed by atoms with Gasteiger partial charge in [0, 0.05) is 0 Å². The van der Waals surface area contributed by atoms with Crippen LogP contribution in [0.3, 0.4) is 0 Å². The van der Waals surface area contributed by atoms with E-state index in [1.807, 2.05) is 0 Å². The molecule has 2 N–H and O–H groups in total. The van der Waals surface area contributed by atoms with E-state index in [2.05, 4.69) is 4.74 Å². The van der Waals surface area contributed by atoms with Gasteiger partial charge < -0.3 is 10.5 Å². The molecule has 0 atom stereocenters. The molecule has 0 saturated heterocycles. The molecule has 88 valence electrons. The molecule has 1 rings (SSSR count). The number of methoxy groups -OCH3 is 1. The normalized spacial score (nSPS) is 11.1. The summed E-state index contributed by atoms with van der Waals surface area (Å²) in [6, 6.07) is 4.05. The lowest BCUT2D eigenvalue weighted by atomic mass is 10.2. The second kappa shape index (κ2) is 4.52. The van der Waals surface area contributed by atoms with Crippen LogP contribution in [0.5, 0.6) is 0 Å². The first-order valence-corrected chi connectivity index (χ1v) is 6.28. The summed E-state index contributed by atoms with van der Waals surface area (Å²) in [6.07, 6.45) is 0. The van der Waals surface area contributed by atoms with E-state index in [0.29, 0.717) is 0 Å². The van der Waals surface area contributed by atoms with Crippen molar-refractivity contribution in [3.63, 3.8) is 0 Å². The van der Waals surface area contributed by atoms with E-state index < -0.39 is 15.8 Å². The lowest BCUT2D eigenvalue weighted by molar-refractivity contribution is 0.0600. The fraction of sp³-hybridized carbons (Fsp3) is 0.300. The largest absolute Gasteiger partial charge is 0.465 e. The van der Waals surface area contributed by atoms with Crippen LogP contribution < -0.4 is 5.73 Å².